The van der Waals surface area contributed by atoms with Crippen molar-refractivity contribution in [3.63, 3.8) is 0 Å². The van der Waals surface area contributed by atoms with Crippen LogP contribution in [0.2, 0.25) is 15.1 Å². The molecule has 9 aromatic heterocycles. The van der Waals surface area contributed by atoms with Crippen LogP contribution in [-0.2, 0) is 20.0 Å². The molecule has 3 aliphatic heterocycles. The molecule has 14 rings (SSSR count). The van der Waals surface area contributed by atoms with Crippen molar-refractivity contribution in [2.75, 3.05) is 68.3 Å². The quantitative estimate of drug-likeness (QED) is 0.0597. The Balaban J connectivity index is 0.000000146. The zero-order valence-corrected chi connectivity index (χ0v) is 57.9. The van der Waals surface area contributed by atoms with Crippen LogP contribution >= 0.6 is 34.8 Å². The second kappa shape index (κ2) is 30.2. The highest BCUT2D eigenvalue weighted by molar-refractivity contribution is 7.90. The molecule has 0 saturated carbocycles. The number of halogens is 12. The minimum Gasteiger partial charge on any atom is -0.364 e. The number of aromatic amines is 1. The number of pyridine rings is 3. The molecular weight excluding hydrogens is 1450 g/mol. The standard InChI is InChI=1S/C25H23ClF4N6O2S.C23H22ClFN6O2S.C18H17ClF4N6/c1-15-4-6-18(7-5-15)39(37,38)36-13-20(19-9-16(26)10-32-24(19)36)22-31-11-21(27)23(34-22)33-17-3-2-8-35(12-17)14-25(28,29)30;1-14-4-6-17(7-5-14)34(32,33)31-13-19(18-9-15(24)10-28-23(18)31)21-27-12-20(25)22(30-21)29-16-3-2-8-26-11-16;19-10-4-12-13(6-25-15(12)24-5-10)16-26-7-14(20)17(28-16)27-11-2-1-3-29(8-11)9-18(21,22)23/h4-7,9-11,13,17H,2-3,8,12,14H2,1H3,(H,31,33,34);4-7,9-10,12-13,16,26H,2-3,8,11H2,1H3,(H,27,29,30);4-7,11H,1-3,8-9H2,(H,24,25)(H,26,27,28). The minimum absolute atomic E-state index is 0.00576. The topological polar surface area (TPSA) is 265 Å². The van der Waals surface area contributed by atoms with E-state index in [2.05, 4.69) is 71.1 Å². The maximum atomic E-state index is 14.7. The molecule has 0 radical (unpaired) electrons. The normalized spacial score (nSPS) is 17.3. The van der Waals surface area contributed by atoms with E-state index in [1.807, 2.05) is 13.8 Å². The molecule has 0 spiro atoms. The van der Waals surface area contributed by atoms with E-state index in [-0.39, 0.29) is 98.3 Å². The molecule has 3 aliphatic rings. The molecular formula is C66H62Cl3F9N18O4S2. The second-order valence-corrected chi connectivity index (χ2v) is 29.6. The number of piperidine rings is 3. The molecule has 22 nitrogen and oxygen atoms in total. The number of likely N-dealkylation sites (tertiary alicyclic amines) is 2. The van der Waals surface area contributed by atoms with Gasteiger partial charge in [-0.25, -0.2) is 82.8 Å². The van der Waals surface area contributed by atoms with Gasteiger partial charge in [0.15, 0.2) is 63.7 Å². The number of fused-ring (bicyclic) bond motifs is 3. The average Bonchev–Trinajstić information content (AvgIpc) is 1.56. The number of aromatic nitrogens is 12. The van der Waals surface area contributed by atoms with Gasteiger partial charge in [-0.3, -0.25) is 9.80 Å². The number of rotatable bonds is 15. The largest absolute Gasteiger partial charge is 0.401 e. The summed E-state index contributed by atoms with van der Waals surface area (Å²) in [5.41, 5.74) is 3.88. The van der Waals surface area contributed by atoms with Gasteiger partial charge in [0.1, 0.15) is 5.65 Å². The fraction of sp³-hybridized carbons (Fsp3) is 0.318. The highest BCUT2D eigenvalue weighted by Gasteiger charge is 2.36. The maximum absolute atomic E-state index is 14.7. The molecule has 36 heteroatoms. The van der Waals surface area contributed by atoms with Crippen LogP contribution in [0.5, 0.6) is 0 Å². The average molecular weight is 1510 g/mol. The van der Waals surface area contributed by atoms with Crippen LogP contribution in [0.4, 0.5) is 57.0 Å². The first-order valence-electron chi connectivity index (χ1n) is 31.8. The van der Waals surface area contributed by atoms with Crippen molar-refractivity contribution in [1.29, 1.82) is 0 Å². The molecule has 102 heavy (non-hydrogen) atoms. The number of nitrogens with one attached hydrogen (secondary N) is 5. The smallest absolute Gasteiger partial charge is 0.364 e. The van der Waals surface area contributed by atoms with Crippen molar-refractivity contribution in [3.8, 4) is 34.2 Å². The lowest BCUT2D eigenvalue weighted by Gasteiger charge is -2.33. The molecule has 0 bridgehead atoms. The Morgan fingerprint density at radius 3 is 1.31 bits per heavy atom. The zero-order chi connectivity index (χ0) is 72.4. The molecule has 536 valence electrons. The van der Waals surface area contributed by atoms with Crippen molar-refractivity contribution < 1.29 is 56.3 Å². The number of hydrogen-bond acceptors (Lipinski definition) is 19. The molecule has 0 amide bonds. The van der Waals surface area contributed by atoms with Crippen LogP contribution in [0.1, 0.15) is 49.7 Å². The van der Waals surface area contributed by atoms with Crippen molar-refractivity contribution >= 4 is 105 Å². The highest BCUT2D eigenvalue weighted by Crippen LogP contribution is 2.37. The third kappa shape index (κ3) is 17.1. The summed E-state index contributed by atoms with van der Waals surface area (Å²) in [6, 6.07) is 16.9. The number of anilines is 3. The summed E-state index contributed by atoms with van der Waals surface area (Å²) in [6.07, 6.45) is 7.09. The van der Waals surface area contributed by atoms with Gasteiger partial charge in [-0.1, -0.05) is 70.2 Å². The van der Waals surface area contributed by atoms with E-state index in [1.165, 1.54) is 59.0 Å². The monoisotopic (exact) mass is 1510 g/mol. The minimum atomic E-state index is -4.34. The molecule has 12 heterocycles. The molecule has 0 aliphatic carbocycles. The van der Waals surface area contributed by atoms with Crippen LogP contribution in [0.15, 0.2) is 132 Å². The van der Waals surface area contributed by atoms with E-state index >= 15 is 0 Å². The van der Waals surface area contributed by atoms with Gasteiger partial charge in [0.05, 0.1) is 56.5 Å². The van der Waals surface area contributed by atoms with E-state index in [4.69, 9.17) is 34.8 Å². The molecule has 3 unspecified atom stereocenters. The summed E-state index contributed by atoms with van der Waals surface area (Å²) >= 11 is 18.3. The van der Waals surface area contributed by atoms with Crippen molar-refractivity contribution in [2.45, 2.75) is 92.6 Å². The summed E-state index contributed by atoms with van der Waals surface area (Å²) in [6.45, 7) is 4.18. The van der Waals surface area contributed by atoms with Gasteiger partial charge < -0.3 is 26.3 Å². The first-order chi connectivity index (χ1) is 48.5. The highest BCUT2D eigenvalue weighted by atomic mass is 35.5. The van der Waals surface area contributed by atoms with Crippen LogP contribution in [0, 0.1) is 31.3 Å². The van der Waals surface area contributed by atoms with Gasteiger partial charge in [-0.05, 0) is 114 Å². The second-order valence-electron chi connectivity index (χ2n) is 24.6. The van der Waals surface area contributed by atoms with Crippen LogP contribution in [0.25, 0.3) is 67.3 Å². The molecule has 11 aromatic rings. The molecule has 3 atom stereocenters. The van der Waals surface area contributed by atoms with Gasteiger partial charge in [-0.2, -0.15) is 26.3 Å². The third-order valence-electron chi connectivity index (χ3n) is 16.9. The zero-order valence-electron chi connectivity index (χ0n) is 54.0. The van der Waals surface area contributed by atoms with Gasteiger partial charge in [0, 0.05) is 108 Å². The van der Waals surface area contributed by atoms with Gasteiger partial charge >= 0.3 is 12.4 Å². The lowest BCUT2D eigenvalue weighted by Crippen LogP contribution is -2.46. The van der Waals surface area contributed by atoms with E-state index in [9.17, 15) is 56.3 Å². The summed E-state index contributed by atoms with van der Waals surface area (Å²) in [5, 5.41) is 14.7. The number of nitrogens with zero attached hydrogens (tertiary/aromatic N) is 13. The van der Waals surface area contributed by atoms with Crippen molar-refractivity contribution in [1.82, 2.24) is 72.9 Å². The predicted octanol–water partition coefficient (Wildman–Crippen LogP) is 13.5. The number of alkyl halides is 6. The SMILES string of the molecule is Cc1ccc(S(=O)(=O)n2cc(-c3ncc(F)c(NC4CCCN(CC(F)(F)F)C4)n3)c3cc(Cl)cnc32)cc1.Cc1ccc(S(=O)(=O)n2cc(-c3ncc(F)c(NC4CCCNC4)n3)c3cc(Cl)cnc32)cc1.Fc1cnc(-c2c[nH]c3ncc(Cl)cc23)nc1NC1CCCN(CC(F)(F)F)C1. The van der Waals surface area contributed by atoms with Crippen LogP contribution < -0.4 is 21.3 Å². The van der Waals surface area contributed by atoms with Crippen LogP contribution in [-0.4, -0.2) is 167 Å². The van der Waals surface area contributed by atoms with E-state index < -0.39 is 69.0 Å². The number of benzene rings is 2. The summed E-state index contributed by atoms with van der Waals surface area (Å²) in [4.78, 5) is 43.5. The molecule has 5 N–H and O–H groups in total. The Hall–Kier alpha value is -8.83. The summed E-state index contributed by atoms with van der Waals surface area (Å²) in [5.74, 6) is -1.80. The number of hydrogen-bond donors (Lipinski definition) is 5. The van der Waals surface area contributed by atoms with Gasteiger partial charge in [0.2, 0.25) is 0 Å². The molecule has 3 fully saturated rings. The Morgan fingerprint density at radius 2 is 0.902 bits per heavy atom. The van der Waals surface area contributed by atoms with E-state index in [0.717, 1.165) is 57.0 Å². The lowest BCUT2D eigenvalue weighted by molar-refractivity contribution is -0.148. The predicted molar refractivity (Wildman–Crippen MR) is 369 cm³/mol. The first kappa shape index (κ1) is 72.9. The molecule has 3 saturated heterocycles. The fourth-order valence-corrected chi connectivity index (χ4v) is 15.3. The van der Waals surface area contributed by atoms with Gasteiger partial charge in [0.25, 0.3) is 20.0 Å². The van der Waals surface area contributed by atoms with Gasteiger partial charge in [-0.15, -0.1) is 0 Å². The Morgan fingerprint density at radius 1 is 0.510 bits per heavy atom. The van der Waals surface area contributed by atoms with E-state index in [1.54, 1.807) is 54.7 Å². The molecule has 2 aromatic carbocycles. The van der Waals surface area contributed by atoms with Crippen molar-refractivity contribution in [2.24, 2.45) is 0 Å². The number of H-pyrrole nitrogens is 1. The van der Waals surface area contributed by atoms with E-state index in [0.29, 0.717) is 81.8 Å². The Kier molecular flexibility index (Phi) is 21.6. The third-order valence-corrected chi connectivity index (χ3v) is 20.9. The van der Waals surface area contributed by atoms with Crippen LogP contribution in [0.3, 0.4) is 0 Å². The van der Waals surface area contributed by atoms with Crippen molar-refractivity contribution in [3.05, 3.63) is 166 Å². The fourth-order valence-electron chi connectivity index (χ4n) is 12.1. The number of aryl methyl sites for hydroxylation is 2. The first-order valence-corrected chi connectivity index (χ1v) is 35.8. The maximum Gasteiger partial charge on any atom is 0.401 e. The summed E-state index contributed by atoms with van der Waals surface area (Å²) in [7, 11) is -8.04. The lowest BCUT2D eigenvalue weighted by atomic mass is 10.1. The Labute approximate surface area is 592 Å². The summed E-state index contributed by atoms with van der Waals surface area (Å²) < 4.78 is 176. The Bertz CT molecular complexity index is 5110.